The van der Waals surface area contributed by atoms with Crippen molar-refractivity contribution in [2.24, 2.45) is 0 Å². The largest absolute Gasteiger partial charge is 0.0827 e. The smallest absolute Gasteiger partial charge is 0.0592 e. The van der Waals surface area contributed by atoms with Gasteiger partial charge in [-0.3, -0.25) is 0 Å². The van der Waals surface area contributed by atoms with Crippen LogP contribution in [0.2, 0.25) is 10.0 Å². The molecule has 50 valence electrons. The SMILES string of the molecule is Clc1ccccc1Cl.[Ru]. The summed E-state index contributed by atoms with van der Waals surface area (Å²) in [5.41, 5.74) is 0. The maximum atomic E-state index is 5.58. The molecule has 0 bridgehead atoms. The van der Waals surface area contributed by atoms with Gasteiger partial charge in [-0.1, -0.05) is 35.3 Å². The van der Waals surface area contributed by atoms with E-state index in [-0.39, 0.29) is 19.5 Å². The van der Waals surface area contributed by atoms with E-state index < -0.39 is 0 Å². The van der Waals surface area contributed by atoms with Crippen molar-refractivity contribution < 1.29 is 19.5 Å². The van der Waals surface area contributed by atoms with Crippen molar-refractivity contribution in [3.63, 3.8) is 0 Å². The molecule has 0 amide bonds. The van der Waals surface area contributed by atoms with E-state index in [2.05, 4.69) is 0 Å². The van der Waals surface area contributed by atoms with Gasteiger partial charge in [0.25, 0.3) is 0 Å². The first-order chi connectivity index (χ1) is 3.80. The summed E-state index contributed by atoms with van der Waals surface area (Å²) >= 11 is 11.2. The zero-order chi connectivity index (χ0) is 5.98. The average Bonchev–Trinajstić information content (AvgIpc) is 1.77. The maximum absolute atomic E-state index is 5.58. The fraction of sp³-hybridized carbons (Fsp3) is 0. The molecule has 0 spiro atoms. The van der Waals surface area contributed by atoms with Crippen LogP contribution in [0.3, 0.4) is 0 Å². The summed E-state index contributed by atoms with van der Waals surface area (Å²) < 4.78 is 0. The summed E-state index contributed by atoms with van der Waals surface area (Å²) in [4.78, 5) is 0. The van der Waals surface area contributed by atoms with Gasteiger partial charge in [0.2, 0.25) is 0 Å². The number of hydrogen-bond acceptors (Lipinski definition) is 0. The van der Waals surface area contributed by atoms with Crippen molar-refractivity contribution in [1.29, 1.82) is 0 Å². The summed E-state index contributed by atoms with van der Waals surface area (Å²) in [6.45, 7) is 0. The van der Waals surface area contributed by atoms with E-state index in [0.29, 0.717) is 10.0 Å². The third-order valence-electron chi connectivity index (χ3n) is 0.824. The molecule has 1 aromatic rings. The predicted octanol–water partition coefficient (Wildman–Crippen LogP) is 2.99. The molecule has 0 saturated carbocycles. The van der Waals surface area contributed by atoms with Crippen molar-refractivity contribution in [3.8, 4) is 0 Å². The third-order valence-corrected chi connectivity index (χ3v) is 1.58. The van der Waals surface area contributed by atoms with Crippen LogP contribution in [-0.4, -0.2) is 0 Å². The summed E-state index contributed by atoms with van der Waals surface area (Å²) in [5.74, 6) is 0. The van der Waals surface area contributed by atoms with Crippen LogP contribution in [0, 0.1) is 0 Å². The summed E-state index contributed by atoms with van der Waals surface area (Å²) in [6.07, 6.45) is 0. The van der Waals surface area contributed by atoms with Gasteiger partial charge in [0.05, 0.1) is 10.0 Å². The van der Waals surface area contributed by atoms with Crippen LogP contribution in [0.5, 0.6) is 0 Å². The van der Waals surface area contributed by atoms with Gasteiger partial charge in [-0.15, -0.1) is 0 Å². The predicted molar refractivity (Wildman–Crippen MR) is 36.5 cm³/mol. The van der Waals surface area contributed by atoms with Crippen molar-refractivity contribution >= 4 is 23.2 Å². The first-order valence-corrected chi connectivity index (χ1v) is 2.96. The Hall–Kier alpha value is 0.423. The van der Waals surface area contributed by atoms with E-state index in [0.717, 1.165) is 0 Å². The first kappa shape index (κ1) is 9.42. The van der Waals surface area contributed by atoms with E-state index >= 15 is 0 Å². The van der Waals surface area contributed by atoms with E-state index in [1.165, 1.54) is 0 Å². The van der Waals surface area contributed by atoms with Crippen LogP contribution in [0.15, 0.2) is 24.3 Å². The summed E-state index contributed by atoms with van der Waals surface area (Å²) in [5, 5.41) is 1.21. The Morgan fingerprint density at radius 3 is 1.44 bits per heavy atom. The zero-order valence-electron chi connectivity index (χ0n) is 4.42. The molecule has 3 heteroatoms. The monoisotopic (exact) mass is 248 g/mol. The van der Waals surface area contributed by atoms with Gasteiger partial charge >= 0.3 is 0 Å². The second-order valence-corrected chi connectivity index (χ2v) is 2.23. The Labute approximate surface area is 76.9 Å². The average molecular weight is 248 g/mol. The molecule has 0 aromatic heterocycles. The minimum absolute atomic E-state index is 0. The van der Waals surface area contributed by atoms with Gasteiger partial charge in [-0.2, -0.15) is 0 Å². The first-order valence-electron chi connectivity index (χ1n) is 2.21. The molecule has 0 heterocycles. The number of benzene rings is 1. The quantitative estimate of drug-likeness (QED) is 0.619. The van der Waals surface area contributed by atoms with Crippen LogP contribution in [0.4, 0.5) is 0 Å². The molecule has 0 N–H and O–H groups in total. The second kappa shape index (κ2) is 4.27. The Kier molecular flexibility index (Phi) is 4.47. The summed E-state index contributed by atoms with van der Waals surface area (Å²) in [7, 11) is 0. The molecule has 0 fully saturated rings. The number of rotatable bonds is 0. The van der Waals surface area contributed by atoms with Crippen molar-refractivity contribution in [3.05, 3.63) is 34.3 Å². The van der Waals surface area contributed by atoms with Gasteiger partial charge in [0.1, 0.15) is 0 Å². The van der Waals surface area contributed by atoms with Crippen LogP contribution in [0.25, 0.3) is 0 Å². The molecule has 0 aliphatic rings. The van der Waals surface area contributed by atoms with E-state index in [1.807, 2.05) is 12.1 Å². The van der Waals surface area contributed by atoms with Crippen molar-refractivity contribution in [1.82, 2.24) is 0 Å². The number of hydrogen-bond donors (Lipinski definition) is 0. The molecule has 0 atom stereocenters. The van der Waals surface area contributed by atoms with E-state index in [1.54, 1.807) is 12.1 Å². The molecule has 0 saturated heterocycles. The normalized spacial score (nSPS) is 8.22. The maximum Gasteiger partial charge on any atom is 0.0592 e. The molecule has 9 heavy (non-hydrogen) atoms. The zero-order valence-corrected chi connectivity index (χ0v) is 7.67. The fourth-order valence-electron chi connectivity index (χ4n) is 0.439. The fourth-order valence-corrected chi connectivity index (χ4v) is 0.711. The Balaban J connectivity index is 0.000000640. The minimum Gasteiger partial charge on any atom is -0.0827 e. The second-order valence-electron chi connectivity index (χ2n) is 1.41. The molecule has 0 radical (unpaired) electrons. The molecule has 1 rings (SSSR count). The molecular formula is C6H4Cl2Ru. The Morgan fingerprint density at radius 2 is 1.22 bits per heavy atom. The molecule has 0 aliphatic heterocycles. The van der Waals surface area contributed by atoms with Crippen LogP contribution >= 0.6 is 23.2 Å². The molecule has 0 aliphatic carbocycles. The van der Waals surface area contributed by atoms with E-state index in [9.17, 15) is 0 Å². The van der Waals surface area contributed by atoms with Gasteiger partial charge in [-0.25, -0.2) is 0 Å². The summed E-state index contributed by atoms with van der Waals surface area (Å²) in [6, 6.07) is 7.19. The van der Waals surface area contributed by atoms with E-state index in [4.69, 9.17) is 23.2 Å². The minimum atomic E-state index is 0. The van der Waals surface area contributed by atoms with Gasteiger partial charge in [0.15, 0.2) is 0 Å². The molecular weight excluding hydrogens is 244 g/mol. The van der Waals surface area contributed by atoms with Gasteiger partial charge < -0.3 is 0 Å². The number of halogens is 2. The van der Waals surface area contributed by atoms with Crippen LogP contribution < -0.4 is 0 Å². The van der Waals surface area contributed by atoms with Crippen LogP contribution in [-0.2, 0) is 19.5 Å². The Morgan fingerprint density at radius 1 is 0.889 bits per heavy atom. The van der Waals surface area contributed by atoms with Crippen molar-refractivity contribution in [2.75, 3.05) is 0 Å². The Bertz CT molecular complexity index is 167. The topological polar surface area (TPSA) is 0 Å². The third kappa shape index (κ3) is 2.66. The van der Waals surface area contributed by atoms with Crippen molar-refractivity contribution in [2.45, 2.75) is 0 Å². The van der Waals surface area contributed by atoms with Crippen LogP contribution in [0.1, 0.15) is 0 Å². The molecule has 0 unspecified atom stereocenters. The standard InChI is InChI=1S/C6H4Cl2.Ru/c7-5-3-1-2-4-6(5)8;/h1-4H;. The van der Waals surface area contributed by atoms with Gasteiger partial charge in [0, 0.05) is 19.5 Å². The molecule has 0 nitrogen and oxygen atoms in total. The van der Waals surface area contributed by atoms with Gasteiger partial charge in [-0.05, 0) is 12.1 Å². The molecule has 1 aromatic carbocycles.